The number of rotatable bonds is 3. The van der Waals surface area contributed by atoms with Crippen LogP contribution in [0.25, 0.3) is 0 Å². The Labute approximate surface area is 136 Å². The molecule has 0 aromatic heterocycles. The maximum absolute atomic E-state index is 13.1. The minimum atomic E-state index is -4.15. The lowest BCUT2D eigenvalue weighted by atomic mass is 9.80. The number of nitrogens with zero attached hydrogens (tertiary/aromatic N) is 1. The van der Waals surface area contributed by atoms with Gasteiger partial charge in [0.2, 0.25) is 5.91 Å². The molecule has 0 heterocycles. The van der Waals surface area contributed by atoms with Crippen LogP contribution in [-0.2, 0) is 4.79 Å². The molecule has 3 aliphatic rings. The molecule has 2 atom stereocenters. The van der Waals surface area contributed by atoms with Gasteiger partial charge in [-0.2, -0.15) is 13.2 Å². The lowest BCUT2D eigenvalue weighted by Gasteiger charge is -2.39. The molecule has 132 valence electrons. The van der Waals surface area contributed by atoms with Gasteiger partial charge in [-0.15, -0.1) is 0 Å². The Morgan fingerprint density at radius 3 is 1.78 bits per heavy atom. The summed E-state index contributed by atoms with van der Waals surface area (Å²) in [5.41, 5.74) is 0. The predicted molar refractivity (Wildman–Crippen MR) is 82.9 cm³/mol. The Kier molecular flexibility index (Phi) is 5.22. The molecule has 0 aliphatic heterocycles. The van der Waals surface area contributed by atoms with Crippen molar-refractivity contribution in [3.63, 3.8) is 0 Å². The van der Waals surface area contributed by atoms with Crippen molar-refractivity contribution in [2.45, 2.75) is 95.3 Å². The summed E-state index contributed by atoms with van der Waals surface area (Å²) in [5.74, 6) is -1.64. The normalized spacial score (nSPS) is 30.7. The molecule has 0 aromatic carbocycles. The summed E-state index contributed by atoms with van der Waals surface area (Å²) < 4.78 is 39.2. The van der Waals surface area contributed by atoms with Gasteiger partial charge in [0.25, 0.3) is 0 Å². The summed E-state index contributed by atoms with van der Waals surface area (Å²) in [7, 11) is 0. The lowest BCUT2D eigenvalue weighted by molar-refractivity contribution is -0.187. The summed E-state index contributed by atoms with van der Waals surface area (Å²) >= 11 is 0. The number of amides is 1. The first-order valence-corrected chi connectivity index (χ1v) is 9.35. The number of alkyl halides is 3. The zero-order chi connectivity index (χ0) is 16.4. The monoisotopic (exact) mass is 331 g/mol. The van der Waals surface area contributed by atoms with Crippen LogP contribution >= 0.6 is 0 Å². The van der Waals surface area contributed by atoms with Gasteiger partial charge in [0.05, 0.1) is 5.92 Å². The topological polar surface area (TPSA) is 20.3 Å². The number of hydrogen-bond donors (Lipinski definition) is 0. The molecular formula is C18H28F3NO. The summed E-state index contributed by atoms with van der Waals surface area (Å²) in [6.45, 7) is 0. The minimum Gasteiger partial charge on any atom is -0.336 e. The Hall–Kier alpha value is -0.740. The highest BCUT2D eigenvalue weighted by molar-refractivity contribution is 5.79. The molecule has 0 saturated heterocycles. The van der Waals surface area contributed by atoms with Gasteiger partial charge in [-0.05, 0) is 44.9 Å². The first kappa shape index (κ1) is 17.1. The van der Waals surface area contributed by atoms with Gasteiger partial charge in [-0.1, -0.05) is 32.1 Å². The third kappa shape index (κ3) is 3.85. The first-order valence-electron chi connectivity index (χ1n) is 9.35. The van der Waals surface area contributed by atoms with E-state index in [-0.39, 0.29) is 30.8 Å². The van der Waals surface area contributed by atoms with E-state index < -0.39 is 18.0 Å². The van der Waals surface area contributed by atoms with Gasteiger partial charge in [0, 0.05) is 18.0 Å². The molecule has 2 unspecified atom stereocenters. The lowest BCUT2D eigenvalue weighted by Crippen LogP contribution is -2.49. The molecular weight excluding hydrogens is 303 g/mol. The fourth-order valence-corrected chi connectivity index (χ4v) is 4.95. The summed E-state index contributed by atoms with van der Waals surface area (Å²) in [4.78, 5) is 15.2. The van der Waals surface area contributed by atoms with E-state index in [1.165, 1.54) is 0 Å². The molecule has 1 amide bonds. The van der Waals surface area contributed by atoms with Gasteiger partial charge in [-0.25, -0.2) is 0 Å². The standard InChI is InChI=1S/C18H28F3NO/c19-18(20,21)14-7-5-6-13(12-14)17(23)22(15-8-1-2-9-15)16-10-3-4-11-16/h13-16H,1-12H2. The van der Waals surface area contributed by atoms with Crippen LogP contribution in [0.4, 0.5) is 13.2 Å². The average Bonchev–Trinajstić information content (AvgIpc) is 3.21. The van der Waals surface area contributed by atoms with E-state index in [1.807, 2.05) is 0 Å². The Morgan fingerprint density at radius 1 is 0.783 bits per heavy atom. The highest BCUT2D eigenvalue weighted by atomic mass is 19.4. The van der Waals surface area contributed by atoms with Crippen LogP contribution in [0.2, 0.25) is 0 Å². The Balaban J connectivity index is 1.71. The molecule has 3 rings (SSSR count). The van der Waals surface area contributed by atoms with Crippen molar-refractivity contribution in [2.24, 2.45) is 11.8 Å². The quantitative estimate of drug-likeness (QED) is 0.707. The molecule has 3 saturated carbocycles. The molecule has 0 radical (unpaired) electrons. The van der Waals surface area contributed by atoms with E-state index in [0.29, 0.717) is 12.8 Å². The van der Waals surface area contributed by atoms with Crippen molar-refractivity contribution in [1.29, 1.82) is 0 Å². The minimum absolute atomic E-state index is 0.0122. The molecule has 5 heteroatoms. The van der Waals surface area contributed by atoms with Crippen molar-refractivity contribution in [1.82, 2.24) is 4.90 Å². The third-order valence-corrected chi connectivity index (χ3v) is 6.18. The van der Waals surface area contributed by atoms with Crippen LogP contribution in [0.5, 0.6) is 0 Å². The zero-order valence-corrected chi connectivity index (χ0v) is 13.8. The van der Waals surface area contributed by atoms with Gasteiger partial charge < -0.3 is 4.90 Å². The van der Waals surface area contributed by atoms with E-state index >= 15 is 0 Å². The second kappa shape index (κ2) is 7.02. The van der Waals surface area contributed by atoms with E-state index in [4.69, 9.17) is 0 Å². The molecule has 3 aliphatic carbocycles. The van der Waals surface area contributed by atoms with Crippen molar-refractivity contribution < 1.29 is 18.0 Å². The van der Waals surface area contributed by atoms with Crippen molar-refractivity contribution in [3.05, 3.63) is 0 Å². The van der Waals surface area contributed by atoms with Crippen LogP contribution in [0.3, 0.4) is 0 Å². The molecule has 0 aromatic rings. The molecule has 23 heavy (non-hydrogen) atoms. The Bertz CT molecular complexity index is 395. The molecule has 0 bridgehead atoms. The van der Waals surface area contributed by atoms with E-state index in [1.54, 1.807) is 0 Å². The fourth-order valence-electron chi connectivity index (χ4n) is 4.95. The smallest absolute Gasteiger partial charge is 0.336 e. The second-order valence-electron chi connectivity index (χ2n) is 7.72. The van der Waals surface area contributed by atoms with E-state index in [2.05, 4.69) is 4.90 Å². The zero-order valence-electron chi connectivity index (χ0n) is 13.8. The molecule has 2 nitrogen and oxygen atoms in total. The largest absolute Gasteiger partial charge is 0.391 e. The van der Waals surface area contributed by atoms with Crippen LogP contribution in [-0.4, -0.2) is 29.1 Å². The number of carbonyl (C=O) groups is 1. The van der Waals surface area contributed by atoms with Crippen molar-refractivity contribution in [3.8, 4) is 0 Å². The Morgan fingerprint density at radius 2 is 1.30 bits per heavy atom. The summed E-state index contributed by atoms with van der Waals surface area (Å²) in [6.07, 6.45) is 5.99. The molecule has 3 fully saturated rings. The highest BCUT2D eigenvalue weighted by Gasteiger charge is 2.45. The van der Waals surface area contributed by atoms with Crippen LogP contribution in [0, 0.1) is 11.8 Å². The average molecular weight is 331 g/mol. The first-order chi connectivity index (χ1) is 11.0. The van der Waals surface area contributed by atoms with E-state index in [0.717, 1.165) is 51.4 Å². The SMILES string of the molecule is O=C(C1CCCC(C(F)(F)F)C1)N(C1CCCC1)C1CCCC1. The third-order valence-electron chi connectivity index (χ3n) is 6.18. The predicted octanol–water partition coefficient (Wildman–Crippen LogP) is 5.07. The molecule has 0 N–H and O–H groups in total. The van der Waals surface area contributed by atoms with Crippen LogP contribution in [0.15, 0.2) is 0 Å². The number of hydrogen-bond acceptors (Lipinski definition) is 1. The number of carbonyl (C=O) groups excluding carboxylic acids is 1. The summed E-state index contributed by atoms with van der Waals surface area (Å²) in [5, 5.41) is 0. The van der Waals surface area contributed by atoms with Crippen LogP contribution < -0.4 is 0 Å². The highest BCUT2D eigenvalue weighted by Crippen LogP contribution is 2.42. The van der Waals surface area contributed by atoms with E-state index in [9.17, 15) is 18.0 Å². The summed E-state index contributed by atoms with van der Waals surface area (Å²) in [6, 6.07) is 0.578. The number of halogens is 3. The van der Waals surface area contributed by atoms with Crippen molar-refractivity contribution >= 4 is 5.91 Å². The van der Waals surface area contributed by atoms with Gasteiger partial charge in [0.15, 0.2) is 0 Å². The second-order valence-corrected chi connectivity index (χ2v) is 7.72. The maximum atomic E-state index is 13.1. The van der Waals surface area contributed by atoms with Crippen LogP contribution in [0.1, 0.15) is 77.0 Å². The maximum Gasteiger partial charge on any atom is 0.391 e. The van der Waals surface area contributed by atoms with Gasteiger partial charge in [0.1, 0.15) is 0 Å². The fraction of sp³-hybridized carbons (Fsp3) is 0.944. The van der Waals surface area contributed by atoms with Crippen molar-refractivity contribution in [2.75, 3.05) is 0 Å². The van der Waals surface area contributed by atoms with Gasteiger partial charge in [-0.3, -0.25) is 4.79 Å². The molecule has 0 spiro atoms. The van der Waals surface area contributed by atoms with Gasteiger partial charge >= 0.3 is 6.18 Å².